The summed E-state index contributed by atoms with van der Waals surface area (Å²) in [4.78, 5) is 15.3. The second kappa shape index (κ2) is 4.28. The largest absolute Gasteiger partial charge is 0.469 e. The zero-order valence-electron chi connectivity index (χ0n) is 8.47. The number of hydrogen-bond acceptors (Lipinski definition) is 5. The molecule has 1 aliphatic carbocycles. The van der Waals surface area contributed by atoms with Crippen LogP contribution in [0.4, 0.5) is 0 Å². The van der Waals surface area contributed by atoms with E-state index in [-0.39, 0.29) is 6.42 Å². The highest BCUT2D eigenvalue weighted by Crippen LogP contribution is 2.41. The van der Waals surface area contributed by atoms with Gasteiger partial charge in [-0.05, 0) is 12.8 Å². The minimum atomic E-state index is -0.832. The van der Waals surface area contributed by atoms with Gasteiger partial charge in [-0.1, -0.05) is 0 Å². The van der Waals surface area contributed by atoms with E-state index in [4.69, 9.17) is 0 Å². The molecule has 0 amide bonds. The number of thiazole rings is 1. The first-order valence-corrected chi connectivity index (χ1v) is 5.79. The molecule has 5 heteroatoms. The van der Waals surface area contributed by atoms with Crippen molar-refractivity contribution in [3.05, 3.63) is 16.1 Å². The molecule has 1 fully saturated rings. The standard InChI is InChI=1S/C10H13NO3S/c1-14-9(13)4-8(12)7-5-15-10(11-7)6-2-3-6/h5-6,8,12H,2-4H2,1H3/t8-/m0/s1. The fourth-order valence-corrected chi connectivity index (χ4v) is 2.35. The number of hydrogen-bond donors (Lipinski definition) is 1. The van der Waals surface area contributed by atoms with Gasteiger partial charge < -0.3 is 9.84 Å². The van der Waals surface area contributed by atoms with Crippen LogP contribution in [-0.2, 0) is 9.53 Å². The van der Waals surface area contributed by atoms with Crippen LogP contribution in [0.15, 0.2) is 5.38 Å². The SMILES string of the molecule is COC(=O)C[C@H](O)c1csc(C2CC2)n1. The van der Waals surface area contributed by atoms with E-state index < -0.39 is 12.1 Å². The topological polar surface area (TPSA) is 59.4 Å². The van der Waals surface area contributed by atoms with Crippen molar-refractivity contribution in [2.24, 2.45) is 0 Å². The van der Waals surface area contributed by atoms with Gasteiger partial charge in [-0.15, -0.1) is 11.3 Å². The van der Waals surface area contributed by atoms with E-state index in [1.165, 1.54) is 20.0 Å². The number of rotatable bonds is 4. The van der Waals surface area contributed by atoms with Crippen molar-refractivity contribution in [3.63, 3.8) is 0 Å². The van der Waals surface area contributed by atoms with Gasteiger partial charge in [-0.25, -0.2) is 4.98 Å². The number of carbonyl (C=O) groups is 1. The Hall–Kier alpha value is -0.940. The number of aromatic nitrogens is 1. The summed E-state index contributed by atoms with van der Waals surface area (Å²) in [5.41, 5.74) is 0.590. The fraction of sp³-hybridized carbons (Fsp3) is 0.600. The average Bonchev–Trinajstić information content (AvgIpc) is 2.96. The number of nitrogens with zero attached hydrogens (tertiary/aromatic N) is 1. The normalized spacial score (nSPS) is 17.5. The van der Waals surface area contributed by atoms with Gasteiger partial charge in [0.25, 0.3) is 0 Å². The molecule has 1 aliphatic rings. The van der Waals surface area contributed by atoms with Crippen molar-refractivity contribution in [2.45, 2.75) is 31.3 Å². The molecule has 1 aromatic rings. The number of ether oxygens (including phenoxy) is 1. The molecule has 4 nitrogen and oxygen atoms in total. The van der Waals surface area contributed by atoms with E-state index in [0.717, 1.165) is 5.01 Å². The molecule has 0 radical (unpaired) electrons. The highest BCUT2D eigenvalue weighted by Gasteiger charge is 2.27. The predicted molar refractivity (Wildman–Crippen MR) is 55.7 cm³/mol. The van der Waals surface area contributed by atoms with Gasteiger partial charge in [-0.2, -0.15) is 0 Å². The molecule has 82 valence electrons. The summed E-state index contributed by atoms with van der Waals surface area (Å²) in [6.07, 6.45) is 1.53. The number of carbonyl (C=O) groups excluding carboxylic acids is 1. The molecule has 0 unspecified atom stereocenters. The highest BCUT2D eigenvalue weighted by atomic mass is 32.1. The Balaban J connectivity index is 1.98. The lowest BCUT2D eigenvalue weighted by Crippen LogP contribution is -2.08. The maximum absolute atomic E-state index is 10.9. The first kappa shape index (κ1) is 10.6. The molecular formula is C10H13NO3S. The second-order valence-electron chi connectivity index (χ2n) is 3.68. The highest BCUT2D eigenvalue weighted by molar-refractivity contribution is 7.09. The molecule has 0 spiro atoms. The molecule has 0 saturated heterocycles. The van der Waals surface area contributed by atoms with Crippen LogP contribution < -0.4 is 0 Å². The van der Waals surface area contributed by atoms with E-state index >= 15 is 0 Å². The lowest BCUT2D eigenvalue weighted by Gasteiger charge is -2.05. The van der Waals surface area contributed by atoms with Crippen LogP contribution in [0.1, 0.15) is 42.0 Å². The fourth-order valence-electron chi connectivity index (χ4n) is 1.32. The second-order valence-corrected chi connectivity index (χ2v) is 4.57. The summed E-state index contributed by atoms with van der Waals surface area (Å²) < 4.78 is 4.49. The van der Waals surface area contributed by atoms with Gasteiger partial charge in [0, 0.05) is 11.3 Å². The van der Waals surface area contributed by atoms with Crippen molar-refractivity contribution in [2.75, 3.05) is 7.11 Å². The van der Waals surface area contributed by atoms with Crippen LogP contribution in [0.25, 0.3) is 0 Å². The maximum Gasteiger partial charge on any atom is 0.308 e. The van der Waals surface area contributed by atoms with Crippen LogP contribution in [0.5, 0.6) is 0 Å². The van der Waals surface area contributed by atoms with Crippen molar-refractivity contribution in [1.29, 1.82) is 0 Å². The van der Waals surface area contributed by atoms with Crippen molar-refractivity contribution >= 4 is 17.3 Å². The minimum absolute atomic E-state index is 0.0235. The molecule has 2 rings (SSSR count). The molecule has 1 heterocycles. The monoisotopic (exact) mass is 227 g/mol. The molecule has 0 bridgehead atoms. The molecule has 0 aromatic carbocycles. The summed E-state index contributed by atoms with van der Waals surface area (Å²) in [6.45, 7) is 0. The quantitative estimate of drug-likeness (QED) is 0.794. The third kappa shape index (κ3) is 2.54. The number of methoxy groups -OCH3 is 1. The van der Waals surface area contributed by atoms with Crippen molar-refractivity contribution in [1.82, 2.24) is 4.98 Å². The van der Waals surface area contributed by atoms with E-state index in [1.807, 2.05) is 5.38 Å². The molecule has 1 saturated carbocycles. The van der Waals surface area contributed by atoms with Crippen molar-refractivity contribution < 1.29 is 14.6 Å². The summed E-state index contributed by atoms with van der Waals surface area (Å²) in [7, 11) is 1.31. The third-order valence-corrected chi connectivity index (χ3v) is 3.42. The Labute approximate surface area is 91.9 Å². The summed E-state index contributed by atoms with van der Waals surface area (Å²) in [5.74, 6) is 0.178. The van der Waals surface area contributed by atoms with Crippen molar-refractivity contribution in [3.8, 4) is 0 Å². The van der Waals surface area contributed by atoms with Crippen LogP contribution >= 0.6 is 11.3 Å². The van der Waals surface area contributed by atoms with Crippen LogP contribution in [0.3, 0.4) is 0 Å². The Morgan fingerprint density at radius 1 is 1.80 bits per heavy atom. The first-order chi connectivity index (χ1) is 7.20. The first-order valence-electron chi connectivity index (χ1n) is 4.91. The smallest absolute Gasteiger partial charge is 0.308 e. The predicted octanol–water partition coefficient (Wildman–Crippen LogP) is 1.62. The van der Waals surface area contributed by atoms with Gasteiger partial charge >= 0.3 is 5.97 Å². The van der Waals surface area contributed by atoms with E-state index in [2.05, 4.69) is 9.72 Å². The molecule has 15 heavy (non-hydrogen) atoms. The zero-order valence-corrected chi connectivity index (χ0v) is 9.29. The summed E-state index contributed by atoms with van der Waals surface area (Å²) >= 11 is 1.56. The van der Waals surface area contributed by atoms with Gasteiger partial charge in [0.05, 0.1) is 24.2 Å². The van der Waals surface area contributed by atoms with Gasteiger partial charge in [0.15, 0.2) is 0 Å². The Bertz CT molecular complexity index is 359. The van der Waals surface area contributed by atoms with Crippen LogP contribution in [0.2, 0.25) is 0 Å². The number of aliphatic hydroxyl groups is 1. The maximum atomic E-state index is 10.9. The van der Waals surface area contributed by atoms with E-state index in [9.17, 15) is 9.90 Å². The van der Waals surface area contributed by atoms with Gasteiger partial charge in [0.2, 0.25) is 0 Å². The summed E-state index contributed by atoms with van der Waals surface area (Å²) in [6, 6.07) is 0. The molecule has 1 aromatic heterocycles. The lowest BCUT2D eigenvalue weighted by molar-refractivity contribution is -0.142. The van der Waals surface area contributed by atoms with Gasteiger partial charge in [-0.3, -0.25) is 4.79 Å². The minimum Gasteiger partial charge on any atom is -0.469 e. The average molecular weight is 227 g/mol. The van der Waals surface area contributed by atoms with E-state index in [1.54, 1.807) is 11.3 Å². The number of aliphatic hydroxyl groups excluding tert-OH is 1. The van der Waals surface area contributed by atoms with Gasteiger partial charge in [0.1, 0.15) is 6.10 Å². The van der Waals surface area contributed by atoms with Crippen LogP contribution in [-0.4, -0.2) is 23.2 Å². The Kier molecular flexibility index (Phi) is 3.02. The molecule has 1 N–H and O–H groups in total. The Morgan fingerprint density at radius 2 is 2.53 bits per heavy atom. The number of esters is 1. The van der Waals surface area contributed by atoms with E-state index in [0.29, 0.717) is 11.6 Å². The Morgan fingerprint density at radius 3 is 3.13 bits per heavy atom. The summed E-state index contributed by atoms with van der Waals surface area (Å²) in [5, 5.41) is 12.6. The third-order valence-electron chi connectivity index (χ3n) is 2.40. The molecule has 0 aliphatic heterocycles. The van der Waals surface area contributed by atoms with Crippen LogP contribution in [0, 0.1) is 0 Å². The lowest BCUT2D eigenvalue weighted by atomic mass is 10.2. The molecular weight excluding hydrogens is 214 g/mol. The zero-order chi connectivity index (χ0) is 10.8. The molecule has 1 atom stereocenters.